The van der Waals surface area contributed by atoms with Crippen LogP contribution in [0.25, 0.3) is 0 Å². The minimum Gasteiger partial charge on any atom is -0.381 e. The Hall–Kier alpha value is -0.850. The summed E-state index contributed by atoms with van der Waals surface area (Å²) in [7, 11) is 0. The summed E-state index contributed by atoms with van der Waals surface area (Å²) < 4.78 is 10.9. The van der Waals surface area contributed by atoms with Crippen molar-refractivity contribution in [3.05, 3.63) is 34.9 Å². The van der Waals surface area contributed by atoms with Crippen molar-refractivity contribution in [2.24, 2.45) is 0 Å². The van der Waals surface area contributed by atoms with Gasteiger partial charge in [-0.2, -0.15) is 0 Å². The Bertz CT molecular complexity index is 527. The van der Waals surface area contributed by atoms with Crippen LogP contribution in [0.1, 0.15) is 24.8 Å². The number of ether oxygens (including phenoxy) is 2. The minimum absolute atomic E-state index is 0. The van der Waals surface area contributed by atoms with E-state index in [1.54, 1.807) is 0 Å². The molecule has 2 aliphatic heterocycles. The van der Waals surface area contributed by atoms with Crippen LogP contribution in [-0.2, 0) is 19.8 Å². The SMILES string of the molecule is Cl.O=C(CC1COCCN1)NC1(c2ccc(Cl)cc2)CCOCC1. The summed E-state index contributed by atoms with van der Waals surface area (Å²) in [5.41, 5.74) is 0.724. The quantitative estimate of drug-likeness (QED) is 0.848. The zero-order chi connectivity index (χ0) is 16.1. The van der Waals surface area contributed by atoms with Gasteiger partial charge in [0.05, 0.1) is 18.8 Å². The second-order valence-electron chi connectivity index (χ2n) is 6.18. The van der Waals surface area contributed by atoms with Crippen LogP contribution in [0, 0.1) is 0 Å². The summed E-state index contributed by atoms with van der Waals surface area (Å²) in [6.07, 6.45) is 1.97. The van der Waals surface area contributed by atoms with Gasteiger partial charge in [-0.1, -0.05) is 23.7 Å². The summed E-state index contributed by atoms with van der Waals surface area (Å²) in [6.45, 7) is 3.39. The van der Waals surface area contributed by atoms with Crippen LogP contribution in [-0.4, -0.2) is 44.9 Å². The minimum atomic E-state index is -0.366. The van der Waals surface area contributed by atoms with Crippen molar-refractivity contribution < 1.29 is 14.3 Å². The van der Waals surface area contributed by atoms with E-state index in [1.165, 1.54) is 0 Å². The predicted octanol–water partition coefficient (Wildman–Crippen LogP) is 2.26. The fourth-order valence-electron chi connectivity index (χ4n) is 3.27. The fourth-order valence-corrected chi connectivity index (χ4v) is 3.39. The topological polar surface area (TPSA) is 59.6 Å². The molecule has 2 saturated heterocycles. The molecule has 7 heteroatoms. The van der Waals surface area contributed by atoms with Gasteiger partial charge in [0, 0.05) is 37.2 Å². The number of morpholine rings is 1. The number of rotatable bonds is 4. The number of hydrogen-bond acceptors (Lipinski definition) is 4. The molecule has 1 aromatic rings. The van der Waals surface area contributed by atoms with E-state index in [-0.39, 0.29) is 29.9 Å². The van der Waals surface area contributed by atoms with Crippen molar-refractivity contribution in [1.82, 2.24) is 10.6 Å². The molecule has 2 heterocycles. The van der Waals surface area contributed by atoms with Crippen LogP contribution in [0.4, 0.5) is 0 Å². The maximum Gasteiger partial charge on any atom is 0.222 e. The molecule has 2 aliphatic rings. The van der Waals surface area contributed by atoms with E-state index in [0.29, 0.717) is 37.9 Å². The maximum atomic E-state index is 12.6. The molecule has 1 amide bonds. The Kier molecular flexibility index (Phi) is 7.32. The highest BCUT2D eigenvalue weighted by atomic mass is 35.5. The molecule has 0 saturated carbocycles. The van der Waals surface area contributed by atoms with E-state index in [2.05, 4.69) is 10.6 Å². The van der Waals surface area contributed by atoms with Crippen molar-refractivity contribution in [3.8, 4) is 0 Å². The van der Waals surface area contributed by atoms with Gasteiger partial charge in [-0.3, -0.25) is 4.79 Å². The van der Waals surface area contributed by atoms with Gasteiger partial charge in [-0.05, 0) is 30.5 Å². The summed E-state index contributed by atoms with van der Waals surface area (Å²) in [5.74, 6) is 0.0462. The zero-order valence-electron chi connectivity index (χ0n) is 13.6. The summed E-state index contributed by atoms with van der Waals surface area (Å²) >= 11 is 6.00. The molecule has 5 nitrogen and oxygen atoms in total. The number of halogens is 2. The van der Waals surface area contributed by atoms with Gasteiger partial charge in [-0.15, -0.1) is 12.4 Å². The lowest BCUT2D eigenvalue weighted by Gasteiger charge is -2.39. The van der Waals surface area contributed by atoms with Crippen molar-refractivity contribution in [2.45, 2.75) is 30.8 Å². The molecule has 0 bridgehead atoms. The second kappa shape index (κ2) is 9.02. The van der Waals surface area contributed by atoms with Crippen molar-refractivity contribution in [3.63, 3.8) is 0 Å². The predicted molar refractivity (Wildman–Crippen MR) is 95.8 cm³/mol. The number of benzene rings is 1. The molecule has 134 valence electrons. The smallest absolute Gasteiger partial charge is 0.222 e. The average molecular weight is 375 g/mol. The molecule has 3 rings (SSSR count). The number of nitrogens with one attached hydrogen (secondary N) is 2. The Morgan fingerprint density at radius 2 is 1.92 bits per heavy atom. The number of carbonyl (C=O) groups excluding carboxylic acids is 1. The Labute approximate surface area is 153 Å². The van der Waals surface area contributed by atoms with E-state index >= 15 is 0 Å². The molecule has 0 radical (unpaired) electrons. The molecule has 1 aromatic carbocycles. The second-order valence-corrected chi connectivity index (χ2v) is 6.62. The highest BCUT2D eigenvalue weighted by Crippen LogP contribution is 2.33. The third-order valence-electron chi connectivity index (χ3n) is 4.55. The van der Waals surface area contributed by atoms with E-state index in [1.807, 2.05) is 24.3 Å². The number of amides is 1. The molecule has 0 spiro atoms. The largest absolute Gasteiger partial charge is 0.381 e. The first-order chi connectivity index (χ1) is 11.2. The lowest BCUT2D eigenvalue weighted by atomic mass is 9.82. The molecular formula is C17H24Cl2N2O3. The van der Waals surface area contributed by atoms with E-state index in [0.717, 1.165) is 24.9 Å². The highest BCUT2D eigenvalue weighted by molar-refractivity contribution is 6.30. The van der Waals surface area contributed by atoms with Gasteiger partial charge in [-0.25, -0.2) is 0 Å². The van der Waals surface area contributed by atoms with Crippen LogP contribution in [0.3, 0.4) is 0 Å². The van der Waals surface area contributed by atoms with Crippen LogP contribution in [0.2, 0.25) is 5.02 Å². The van der Waals surface area contributed by atoms with Gasteiger partial charge in [0.15, 0.2) is 0 Å². The van der Waals surface area contributed by atoms with Crippen LogP contribution in [0.15, 0.2) is 24.3 Å². The van der Waals surface area contributed by atoms with Crippen LogP contribution < -0.4 is 10.6 Å². The molecular weight excluding hydrogens is 351 g/mol. The molecule has 1 unspecified atom stereocenters. The van der Waals surface area contributed by atoms with Crippen molar-refractivity contribution in [1.29, 1.82) is 0 Å². The summed E-state index contributed by atoms with van der Waals surface area (Å²) in [6, 6.07) is 7.82. The third kappa shape index (κ3) is 4.83. The normalized spacial score (nSPS) is 23.1. The van der Waals surface area contributed by atoms with Gasteiger partial charge >= 0.3 is 0 Å². The summed E-state index contributed by atoms with van der Waals surface area (Å²) in [4.78, 5) is 12.6. The monoisotopic (exact) mass is 374 g/mol. The van der Waals surface area contributed by atoms with Gasteiger partial charge in [0.25, 0.3) is 0 Å². The van der Waals surface area contributed by atoms with E-state index in [9.17, 15) is 4.79 Å². The first kappa shape index (κ1) is 19.5. The molecule has 2 N–H and O–H groups in total. The van der Waals surface area contributed by atoms with Crippen LogP contribution >= 0.6 is 24.0 Å². The van der Waals surface area contributed by atoms with Gasteiger partial charge in [0.2, 0.25) is 5.91 Å². The summed E-state index contributed by atoms with van der Waals surface area (Å²) in [5, 5.41) is 7.28. The molecule has 0 aromatic heterocycles. The molecule has 0 aliphatic carbocycles. The Morgan fingerprint density at radius 3 is 2.54 bits per heavy atom. The maximum absolute atomic E-state index is 12.6. The third-order valence-corrected chi connectivity index (χ3v) is 4.80. The first-order valence-electron chi connectivity index (χ1n) is 8.14. The number of hydrogen-bond donors (Lipinski definition) is 2. The fraction of sp³-hybridized carbons (Fsp3) is 0.588. The first-order valence-corrected chi connectivity index (χ1v) is 8.52. The van der Waals surface area contributed by atoms with E-state index in [4.69, 9.17) is 21.1 Å². The average Bonchev–Trinajstić information content (AvgIpc) is 2.57. The van der Waals surface area contributed by atoms with Crippen LogP contribution in [0.5, 0.6) is 0 Å². The van der Waals surface area contributed by atoms with Gasteiger partial charge in [0.1, 0.15) is 0 Å². The van der Waals surface area contributed by atoms with Crippen molar-refractivity contribution in [2.75, 3.05) is 33.0 Å². The van der Waals surface area contributed by atoms with Gasteiger partial charge < -0.3 is 20.1 Å². The Balaban J connectivity index is 0.00000208. The lowest BCUT2D eigenvalue weighted by Crippen LogP contribution is -2.52. The Morgan fingerprint density at radius 1 is 1.21 bits per heavy atom. The van der Waals surface area contributed by atoms with Crippen molar-refractivity contribution >= 4 is 29.9 Å². The molecule has 1 atom stereocenters. The standard InChI is InChI=1S/C17H23ClN2O3.ClH/c18-14-3-1-13(2-4-14)17(5-8-22-9-6-17)20-16(21)11-15-12-23-10-7-19-15;/h1-4,15,19H,5-12H2,(H,20,21);1H. The number of carbonyl (C=O) groups is 1. The molecule has 2 fully saturated rings. The zero-order valence-corrected chi connectivity index (χ0v) is 15.1. The molecule has 24 heavy (non-hydrogen) atoms. The highest BCUT2D eigenvalue weighted by Gasteiger charge is 2.36. The lowest BCUT2D eigenvalue weighted by molar-refractivity contribution is -0.125. The van der Waals surface area contributed by atoms with E-state index < -0.39 is 0 Å².